The zero-order valence-corrected chi connectivity index (χ0v) is 21.6. The fourth-order valence-electron chi connectivity index (χ4n) is 5.65. The Kier molecular flexibility index (Phi) is 5.14. The van der Waals surface area contributed by atoms with Crippen LogP contribution in [-0.4, -0.2) is 15.0 Å². The van der Waals surface area contributed by atoms with Crippen molar-refractivity contribution in [3.05, 3.63) is 140 Å². The SMILES string of the molecule is c1ccc2c(-c3ccc4ccc(-c5ccc6ccc(-c7cccc8cccnc78)nc6c5)cc4n3)cccc2c1. The van der Waals surface area contributed by atoms with Crippen LogP contribution in [0.1, 0.15) is 0 Å². The summed E-state index contributed by atoms with van der Waals surface area (Å²) in [6.45, 7) is 0. The van der Waals surface area contributed by atoms with Crippen LogP contribution in [0.2, 0.25) is 0 Å². The van der Waals surface area contributed by atoms with Crippen molar-refractivity contribution in [1.29, 1.82) is 0 Å². The van der Waals surface area contributed by atoms with E-state index < -0.39 is 0 Å². The maximum Gasteiger partial charge on any atom is 0.0795 e. The number of pyridine rings is 3. The van der Waals surface area contributed by atoms with Crippen molar-refractivity contribution in [1.82, 2.24) is 15.0 Å². The van der Waals surface area contributed by atoms with Gasteiger partial charge in [0.1, 0.15) is 0 Å². The summed E-state index contributed by atoms with van der Waals surface area (Å²) >= 11 is 0. The van der Waals surface area contributed by atoms with E-state index in [1.807, 2.05) is 12.3 Å². The van der Waals surface area contributed by atoms with E-state index >= 15 is 0 Å². The molecule has 3 heteroatoms. The molecule has 3 heterocycles. The molecule has 0 aliphatic carbocycles. The summed E-state index contributed by atoms with van der Waals surface area (Å²) < 4.78 is 0. The van der Waals surface area contributed by atoms with E-state index in [4.69, 9.17) is 9.97 Å². The van der Waals surface area contributed by atoms with Gasteiger partial charge in [0.05, 0.1) is 27.9 Å². The summed E-state index contributed by atoms with van der Waals surface area (Å²) in [6.07, 6.45) is 1.84. The number of fused-ring (bicyclic) bond motifs is 4. The van der Waals surface area contributed by atoms with E-state index in [-0.39, 0.29) is 0 Å². The van der Waals surface area contributed by atoms with Gasteiger partial charge >= 0.3 is 0 Å². The molecule has 0 atom stereocenters. The highest BCUT2D eigenvalue weighted by Crippen LogP contribution is 2.32. The van der Waals surface area contributed by atoms with Gasteiger partial charge in [0.2, 0.25) is 0 Å². The van der Waals surface area contributed by atoms with Crippen LogP contribution in [0, 0.1) is 0 Å². The molecule has 0 aliphatic rings. The van der Waals surface area contributed by atoms with Crippen LogP contribution in [0.3, 0.4) is 0 Å². The average molecular weight is 510 g/mol. The Morgan fingerprint density at radius 3 is 1.73 bits per heavy atom. The molecule has 40 heavy (non-hydrogen) atoms. The fraction of sp³-hybridized carbons (Fsp3) is 0. The highest BCUT2D eigenvalue weighted by Gasteiger charge is 2.10. The maximum atomic E-state index is 5.10. The lowest BCUT2D eigenvalue weighted by Crippen LogP contribution is -1.90. The standard InChI is InChI=1S/C37H23N3/c1-2-10-30-24(6-1)7-3-11-31(30)33-19-17-25-13-15-28(22-35(25)39-33)29-16-14-26-18-20-34(40-36(26)23-29)32-12-4-8-27-9-5-21-38-37(27)32/h1-23H. The van der Waals surface area contributed by atoms with Gasteiger partial charge in [-0.1, -0.05) is 103 Å². The Balaban J connectivity index is 1.22. The van der Waals surface area contributed by atoms with E-state index in [0.29, 0.717) is 0 Å². The number of para-hydroxylation sites is 1. The highest BCUT2D eigenvalue weighted by atomic mass is 14.7. The van der Waals surface area contributed by atoms with Gasteiger partial charge in [-0.25, -0.2) is 9.97 Å². The molecule has 0 saturated heterocycles. The van der Waals surface area contributed by atoms with Crippen LogP contribution in [0.5, 0.6) is 0 Å². The van der Waals surface area contributed by atoms with Gasteiger partial charge in [0.15, 0.2) is 0 Å². The summed E-state index contributed by atoms with van der Waals surface area (Å²) in [6, 6.07) is 46.7. The third-order valence-corrected chi connectivity index (χ3v) is 7.69. The van der Waals surface area contributed by atoms with Gasteiger partial charge < -0.3 is 0 Å². The first kappa shape index (κ1) is 22.6. The van der Waals surface area contributed by atoms with E-state index in [2.05, 4.69) is 132 Å². The zero-order valence-electron chi connectivity index (χ0n) is 21.6. The van der Waals surface area contributed by atoms with E-state index in [9.17, 15) is 0 Å². The van der Waals surface area contributed by atoms with Crippen LogP contribution < -0.4 is 0 Å². The lowest BCUT2D eigenvalue weighted by molar-refractivity contribution is 1.37. The normalized spacial score (nSPS) is 11.5. The molecule has 0 saturated carbocycles. The molecule has 0 amide bonds. The van der Waals surface area contributed by atoms with Gasteiger partial charge in [-0.2, -0.15) is 0 Å². The van der Waals surface area contributed by atoms with Crippen molar-refractivity contribution < 1.29 is 0 Å². The fourth-order valence-corrected chi connectivity index (χ4v) is 5.65. The molecule has 3 aromatic heterocycles. The monoisotopic (exact) mass is 509 g/mol. The first-order valence-electron chi connectivity index (χ1n) is 13.4. The maximum absolute atomic E-state index is 5.10. The minimum atomic E-state index is 0.925. The molecule has 0 unspecified atom stereocenters. The number of rotatable bonds is 3. The van der Waals surface area contributed by atoms with E-state index in [0.717, 1.165) is 66.4 Å². The Morgan fingerprint density at radius 2 is 0.975 bits per heavy atom. The smallest absolute Gasteiger partial charge is 0.0795 e. The Bertz CT molecular complexity index is 2060. The van der Waals surface area contributed by atoms with Crippen molar-refractivity contribution in [2.75, 3.05) is 0 Å². The number of benzene rings is 5. The van der Waals surface area contributed by atoms with Crippen LogP contribution in [-0.2, 0) is 0 Å². The lowest BCUT2D eigenvalue weighted by atomic mass is 9.99. The van der Waals surface area contributed by atoms with Crippen LogP contribution in [0.15, 0.2) is 140 Å². The zero-order chi connectivity index (χ0) is 26.5. The summed E-state index contributed by atoms with van der Waals surface area (Å²) in [5.41, 5.74) is 9.24. The quantitative estimate of drug-likeness (QED) is 0.238. The van der Waals surface area contributed by atoms with Crippen molar-refractivity contribution >= 4 is 43.5 Å². The summed E-state index contributed by atoms with van der Waals surface area (Å²) in [5.74, 6) is 0. The van der Waals surface area contributed by atoms with Crippen LogP contribution in [0.25, 0.3) is 77.1 Å². The molecule has 0 N–H and O–H groups in total. The summed E-state index contributed by atoms with van der Waals surface area (Å²) in [4.78, 5) is 14.8. The van der Waals surface area contributed by atoms with Crippen molar-refractivity contribution in [3.63, 3.8) is 0 Å². The molecule has 0 aliphatic heterocycles. The number of hydrogen-bond donors (Lipinski definition) is 0. The predicted molar refractivity (Wildman–Crippen MR) is 166 cm³/mol. The van der Waals surface area contributed by atoms with E-state index in [1.165, 1.54) is 10.8 Å². The predicted octanol–water partition coefficient (Wildman–Crippen LogP) is 9.49. The third-order valence-electron chi connectivity index (χ3n) is 7.69. The Hall–Kier alpha value is -5.41. The molecule has 8 rings (SSSR count). The summed E-state index contributed by atoms with van der Waals surface area (Å²) in [5, 5.41) is 5.78. The molecule has 0 fully saturated rings. The molecule has 3 nitrogen and oxygen atoms in total. The summed E-state index contributed by atoms with van der Waals surface area (Å²) in [7, 11) is 0. The molecule has 8 aromatic rings. The second kappa shape index (κ2) is 9.11. The molecule has 0 radical (unpaired) electrons. The average Bonchev–Trinajstić information content (AvgIpc) is 3.03. The lowest BCUT2D eigenvalue weighted by Gasteiger charge is -2.10. The molecule has 5 aromatic carbocycles. The van der Waals surface area contributed by atoms with Gasteiger partial charge in [0.25, 0.3) is 0 Å². The Morgan fingerprint density at radius 1 is 0.400 bits per heavy atom. The molecular formula is C37H23N3. The van der Waals surface area contributed by atoms with Gasteiger partial charge in [-0.05, 0) is 52.2 Å². The second-order valence-corrected chi connectivity index (χ2v) is 10.1. The molecule has 0 spiro atoms. The first-order valence-corrected chi connectivity index (χ1v) is 13.4. The number of aromatic nitrogens is 3. The molecule has 186 valence electrons. The number of nitrogens with zero attached hydrogens (tertiary/aromatic N) is 3. The topological polar surface area (TPSA) is 38.7 Å². The van der Waals surface area contributed by atoms with Gasteiger partial charge in [0, 0.05) is 33.5 Å². The largest absolute Gasteiger partial charge is 0.256 e. The van der Waals surface area contributed by atoms with Crippen molar-refractivity contribution in [2.45, 2.75) is 0 Å². The van der Waals surface area contributed by atoms with Crippen molar-refractivity contribution in [2.24, 2.45) is 0 Å². The highest BCUT2D eigenvalue weighted by molar-refractivity contribution is 5.98. The first-order chi connectivity index (χ1) is 19.8. The van der Waals surface area contributed by atoms with Crippen molar-refractivity contribution in [3.8, 4) is 33.6 Å². The Labute approximate surface area is 231 Å². The van der Waals surface area contributed by atoms with E-state index in [1.54, 1.807) is 0 Å². The minimum absolute atomic E-state index is 0.925. The molecular weight excluding hydrogens is 486 g/mol. The van der Waals surface area contributed by atoms with Gasteiger partial charge in [-0.15, -0.1) is 0 Å². The van der Waals surface area contributed by atoms with Crippen LogP contribution in [0.4, 0.5) is 0 Å². The molecule has 0 bridgehead atoms. The van der Waals surface area contributed by atoms with Crippen LogP contribution >= 0.6 is 0 Å². The number of hydrogen-bond acceptors (Lipinski definition) is 3. The third kappa shape index (κ3) is 3.79. The second-order valence-electron chi connectivity index (χ2n) is 10.1. The van der Waals surface area contributed by atoms with Gasteiger partial charge in [-0.3, -0.25) is 4.98 Å². The minimum Gasteiger partial charge on any atom is -0.256 e.